The Kier molecular flexibility index (Phi) is 7.76. The predicted molar refractivity (Wildman–Crippen MR) is 133 cm³/mol. The number of nitrogens with zero attached hydrogens (tertiary/aromatic N) is 4. The highest BCUT2D eigenvalue weighted by molar-refractivity contribution is 7.90. The minimum Gasteiger partial charge on any atom is -0.315 e. The monoisotopic (exact) mass is 570 g/mol. The summed E-state index contributed by atoms with van der Waals surface area (Å²) in [4.78, 5) is 31.9. The number of sulfonamides is 1. The molecule has 1 fully saturated rings. The van der Waals surface area contributed by atoms with Gasteiger partial charge in [0.2, 0.25) is 0 Å². The number of amides is 2. The molecule has 2 N–H and O–H groups in total. The summed E-state index contributed by atoms with van der Waals surface area (Å²) >= 11 is 6.36. The van der Waals surface area contributed by atoms with E-state index in [4.69, 9.17) is 11.6 Å². The van der Waals surface area contributed by atoms with Crippen molar-refractivity contribution >= 4 is 39.3 Å². The summed E-state index contributed by atoms with van der Waals surface area (Å²) < 4.78 is 63.1. The molecule has 1 aromatic carbocycles. The first-order valence-corrected chi connectivity index (χ1v) is 13.2. The fourth-order valence-corrected chi connectivity index (χ4v) is 4.79. The number of benzene rings is 1. The van der Waals surface area contributed by atoms with Gasteiger partial charge in [-0.15, -0.1) is 0 Å². The summed E-state index contributed by atoms with van der Waals surface area (Å²) in [7, 11) is -4.64. The molecule has 1 aliphatic heterocycles. The quantitative estimate of drug-likeness (QED) is 0.466. The number of aromatic nitrogens is 3. The van der Waals surface area contributed by atoms with Crippen LogP contribution in [0.1, 0.15) is 33.7 Å². The fraction of sp³-hybridized carbons (Fsp3) is 0.304. The first kappa shape index (κ1) is 27.5. The number of carbonyl (C=O) groups excluding carboxylic acids is 2. The van der Waals surface area contributed by atoms with Crippen molar-refractivity contribution in [1.82, 2.24) is 24.8 Å². The van der Waals surface area contributed by atoms with Gasteiger partial charge in [0.1, 0.15) is 5.69 Å². The lowest BCUT2D eigenvalue weighted by molar-refractivity contribution is -0.0446. The molecule has 0 unspecified atom stereocenters. The van der Waals surface area contributed by atoms with Gasteiger partial charge in [0.05, 0.1) is 17.3 Å². The predicted octanol–water partition coefficient (Wildman–Crippen LogP) is 3.11. The second kappa shape index (κ2) is 10.7. The largest absolute Gasteiger partial charge is 0.516 e. The van der Waals surface area contributed by atoms with E-state index >= 15 is 0 Å². The van der Waals surface area contributed by atoms with E-state index in [-0.39, 0.29) is 23.1 Å². The first-order valence-electron chi connectivity index (χ1n) is 11.3. The first-order chi connectivity index (χ1) is 17.9. The van der Waals surface area contributed by atoms with Gasteiger partial charge in [-0.05, 0) is 49.2 Å². The lowest BCUT2D eigenvalue weighted by Gasteiger charge is -2.34. The second-order valence-corrected chi connectivity index (χ2v) is 10.6. The van der Waals surface area contributed by atoms with Gasteiger partial charge in [0.25, 0.3) is 11.8 Å². The van der Waals surface area contributed by atoms with Gasteiger partial charge in [-0.1, -0.05) is 23.7 Å². The highest BCUT2D eigenvalue weighted by Crippen LogP contribution is 2.30. The molecule has 1 saturated heterocycles. The van der Waals surface area contributed by atoms with Gasteiger partial charge in [0.15, 0.2) is 5.82 Å². The number of anilines is 1. The van der Waals surface area contributed by atoms with E-state index in [0.29, 0.717) is 22.9 Å². The molecular weight excluding hydrogens is 549 g/mol. The number of halogens is 4. The Morgan fingerprint density at radius 2 is 1.92 bits per heavy atom. The number of piperidine rings is 1. The van der Waals surface area contributed by atoms with E-state index in [0.717, 1.165) is 28.8 Å². The molecule has 4 rings (SSSR count). The Morgan fingerprint density at radius 1 is 1.21 bits per heavy atom. The van der Waals surface area contributed by atoms with Crippen LogP contribution in [0, 0.1) is 0 Å². The standard InChI is InChI=1S/C23H22ClF3N6O4S/c1-32-19(21(34)31-38(36,37)23(25,26)27)17(13-30-32)14-6-8-15(9-7-14)22(35)33(16-4-2-10-28-12-16)20-18(24)5-3-11-29-20/h3,5-9,11,13,16,28H,2,4,10,12H2,1H3,(H,31,34)/t16-/m1/s1. The molecule has 2 amide bonds. The molecule has 1 atom stereocenters. The van der Waals surface area contributed by atoms with Crippen molar-refractivity contribution in [3.05, 3.63) is 65.1 Å². The number of hydrogen-bond donors (Lipinski definition) is 2. The van der Waals surface area contributed by atoms with Crippen LogP contribution in [0.15, 0.2) is 48.8 Å². The summed E-state index contributed by atoms with van der Waals surface area (Å²) in [5, 5.41) is 7.45. The summed E-state index contributed by atoms with van der Waals surface area (Å²) in [5.41, 5.74) is -5.41. The molecule has 202 valence electrons. The normalized spacial score (nSPS) is 16.2. The number of rotatable bonds is 6. The molecule has 10 nitrogen and oxygen atoms in total. The highest BCUT2D eigenvalue weighted by atomic mass is 35.5. The van der Waals surface area contributed by atoms with Crippen molar-refractivity contribution in [2.45, 2.75) is 24.4 Å². The van der Waals surface area contributed by atoms with Crippen LogP contribution in [0.3, 0.4) is 0 Å². The Balaban J connectivity index is 1.64. The molecule has 0 spiro atoms. The zero-order valence-electron chi connectivity index (χ0n) is 19.9. The molecule has 0 radical (unpaired) electrons. The average molecular weight is 571 g/mol. The van der Waals surface area contributed by atoms with Gasteiger partial charge >= 0.3 is 15.5 Å². The summed E-state index contributed by atoms with van der Waals surface area (Å²) in [6, 6.07) is 9.03. The Hall–Kier alpha value is -3.49. The maximum atomic E-state index is 13.6. The lowest BCUT2D eigenvalue weighted by Crippen LogP contribution is -2.49. The number of carbonyl (C=O) groups is 2. The third kappa shape index (κ3) is 5.51. The maximum Gasteiger partial charge on any atom is 0.516 e. The smallest absolute Gasteiger partial charge is 0.315 e. The molecule has 3 heterocycles. The van der Waals surface area contributed by atoms with E-state index in [1.54, 1.807) is 12.1 Å². The van der Waals surface area contributed by atoms with E-state index in [1.807, 2.05) is 0 Å². The zero-order chi connectivity index (χ0) is 27.7. The van der Waals surface area contributed by atoms with Crippen LogP contribution in [0.5, 0.6) is 0 Å². The molecule has 0 aliphatic carbocycles. The summed E-state index contributed by atoms with van der Waals surface area (Å²) in [6.07, 6.45) is 4.33. The molecule has 2 aromatic heterocycles. The van der Waals surface area contributed by atoms with Crippen molar-refractivity contribution in [2.75, 3.05) is 18.0 Å². The second-order valence-electron chi connectivity index (χ2n) is 8.47. The SMILES string of the molecule is Cn1ncc(-c2ccc(C(=O)N(c3ncccc3Cl)[C@@H]3CCCNC3)cc2)c1C(=O)NS(=O)(=O)C(F)(F)F. The van der Waals surface area contributed by atoms with Crippen molar-refractivity contribution in [1.29, 1.82) is 0 Å². The summed E-state index contributed by atoms with van der Waals surface area (Å²) in [6.45, 7) is 1.38. The number of hydrogen-bond acceptors (Lipinski definition) is 7. The van der Waals surface area contributed by atoms with Crippen LogP contribution in [0.4, 0.5) is 19.0 Å². The van der Waals surface area contributed by atoms with Crippen LogP contribution in [-0.2, 0) is 17.1 Å². The van der Waals surface area contributed by atoms with E-state index in [2.05, 4.69) is 15.4 Å². The van der Waals surface area contributed by atoms with Gasteiger partial charge in [0, 0.05) is 30.9 Å². The number of pyridine rings is 1. The molecule has 0 bridgehead atoms. The average Bonchev–Trinajstić information content (AvgIpc) is 3.26. The Morgan fingerprint density at radius 3 is 2.53 bits per heavy atom. The third-order valence-electron chi connectivity index (χ3n) is 5.95. The van der Waals surface area contributed by atoms with E-state index in [1.165, 1.54) is 48.6 Å². The third-order valence-corrected chi connectivity index (χ3v) is 7.31. The lowest BCUT2D eigenvalue weighted by atomic mass is 10.0. The number of aryl methyl sites for hydroxylation is 1. The fourth-order valence-electron chi connectivity index (χ4n) is 4.12. The van der Waals surface area contributed by atoms with Crippen molar-refractivity contribution in [2.24, 2.45) is 7.05 Å². The van der Waals surface area contributed by atoms with Gasteiger partial charge < -0.3 is 5.32 Å². The van der Waals surface area contributed by atoms with Crippen LogP contribution in [-0.4, -0.2) is 59.6 Å². The molecule has 3 aromatic rings. The number of alkyl halides is 3. The molecule has 38 heavy (non-hydrogen) atoms. The molecule has 0 saturated carbocycles. The topological polar surface area (TPSA) is 126 Å². The minimum atomic E-state index is -5.92. The van der Waals surface area contributed by atoms with Gasteiger partial charge in [-0.2, -0.15) is 26.7 Å². The summed E-state index contributed by atoms with van der Waals surface area (Å²) in [5.74, 6) is -1.56. The van der Waals surface area contributed by atoms with Crippen molar-refractivity contribution in [3.8, 4) is 11.1 Å². The van der Waals surface area contributed by atoms with Crippen LogP contribution >= 0.6 is 11.6 Å². The Bertz CT molecular complexity index is 1450. The Labute approximate surface area is 220 Å². The van der Waals surface area contributed by atoms with Gasteiger partial charge in [-0.25, -0.2) is 9.71 Å². The van der Waals surface area contributed by atoms with Crippen LogP contribution in [0.2, 0.25) is 5.02 Å². The van der Waals surface area contributed by atoms with E-state index in [9.17, 15) is 31.2 Å². The minimum absolute atomic E-state index is 0.0717. The molecule has 15 heteroatoms. The zero-order valence-corrected chi connectivity index (χ0v) is 21.4. The van der Waals surface area contributed by atoms with Gasteiger partial charge in [-0.3, -0.25) is 19.2 Å². The molecular formula is C23H22ClF3N6O4S. The number of nitrogens with one attached hydrogen (secondary N) is 2. The van der Waals surface area contributed by atoms with Crippen LogP contribution < -0.4 is 14.9 Å². The van der Waals surface area contributed by atoms with Crippen molar-refractivity contribution in [3.63, 3.8) is 0 Å². The maximum absolute atomic E-state index is 13.6. The van der Waals surface area contributed by atoms with E-state index < -0.39 is 27.1 Å². The van der Waals surface area contributed by atoms with Crippen molar-refractivity contribution < 1.29 is 31.2 Å². The molecule has 1 aliphatic rings. The van der Waals surface area contributed by atoms with Crippen LogP contribution in [0.25, 0.3) is 11.1 Å². The highest BCUT2D eigenvalue weighted by Gasteiger charge is 2.47.